The second-order valence-electron chi connectivity index (χ2n) is 10.6. The van der Waals surface area contributed by atoms with Crippen molar-refractivity contribution in [2.24, 2.45) is 7.05 Å². The summed E-state index contributed by atoms with van der Waals surface area (Å²) in [7, 11) is 2.12. The highest BCUT2D eigenvalue weighted by Gasteiger charge is 2.39. The SMILES string of the molecule is Cc1ccc(-c2c(C)ccc3c2oc2ccc4c(c23)C(C)(C)CCC4(C)C)[n+](C)c1. The van der Waals surface area contributed by atoms with E-state index in [1.165, 1.54) is 57.1 Å². The number of hydrogen-bond donors (Lipinski definition) is 0. The first kappa shape index (κ1) is 19.4. The van der Waals surface area contributed by atoms with E-state index in [0.717, 1.165) is 11.2 Å². The van der Waals surface area contributed by atoms with Gasteiger partial charge >= 0.3 is 0 Å². The number of fused-ring (bicyclic) bond motifs is 5. The Balaban J connectivity index is 1.93. The van der Waals surface area contributed by atoms with Gasteiger partial charge in [0.15, 0.2) is 6.20 Å². The van der Waals surface area contributed by atoms with Gasteiger partial charge in [-0.3, -0.25) is 0 Å². The molecule has 2 nitrogen and oxygen atoms in total. The number of furan rings is 1. The average molecular weight is 399 g/mol. The lowest BCUT2D eigenvalue weighted by Gasteiger charge is -2.42. The van der Waals surface area contributed by atoms with Crippen LogP contribution >= 0.6 is 0 Å². The van der Waals surface area contributed by atoms with Crippen molar-refractivity contribution in [3.05, 3.63) is 64.8 Å². The first-order chi connectivity index (χ1) is 14.1. The van der Waals surface area contributed by atoms with Crippen LogP contribution in [-0.4, -0.2) is 0 Å². The summed E-state index contributed by atoms with van der Waals surface area (Å²) >= 11 is 0. The van der Waals surface area contributed by atoms with Gasteiger partial charge in [-0.2, -0.15) is 0 Å². The average Bonchev–Trinajstić information content (AvgIpc) is 3.04. The van der Waals surface area contributed by atoms with E-state index in [-0.39, 0.29) is 10.8 Å². The summed E-state index contributed by atoms with van der Waals surface area (Å²) < 4.78 is 8.83. The summed E-state index contributed by atoms with van der Waals surface area (Å²) in [4.78, 5) is 0. The quantitative estimate of drug-likeness (QED) is 0.314. The summed E-state index contributed by atoms with van der Waals surface area (Å²) in [6.45, 7) is 13.9. The molecule has 0 saturated carbocycles. The van der Waals surface area contributed by atoms with E-state index < -0.39 is 0 Å². The van der Waals surface area contributed by atoms with Crippen LogP contribution in [0.4, 0.5) is 0 Å². The fourth-order valence-electron chi connectivity index (χ4n) is 5.51. The van der Waals surface area contributed by atoms with Crippen LogP contribution < -0.4 is 4.57 Å². The Kier molecular flexibility index (Phi) is 4.00. The first-order valence-corrected chi connectivity index (χ1v) is 11.1. The number of aryl methyl sites for hydroxylation is 3. The molecule has 154 valence electrons. The van der Waals surface area contributed by atoms with E-state index in [0.29, 0.717) is 0 Å². The summed E-state index contributed by atoms with van der Waals surface area (Å²) in [5.74, 6) is 0. The van der Waals surface area contributed by atoms with Gasteiger partial charge in [0.1, 0.15) is 18.2 Å². The van der Waals surface area contributed by atoms with E-state index >= 15 is 0 Å². The van der Waals surface area contributed by atoms with Gasteiger partial charge in [-0.05, 0) is 66.3 Å². The van der Waals surface area contributed by atoms with Gasteiger partial charge < -0.3 is 4.42 Å². The number of nitrogens with zero attached hydrogens (tertiary/aromatic N) is 1. The Bertz CT molecular complexity index is 1320. The molecule has 2 aromatic carbocycles. The largest absolute Gasteiger partial charge is 0.455 e. The monoisotopic (exact) mass is 398 g/mol. The number of pyridine rings is 1. The molecule has 0 spiro atoms. The number of hydrogen-bond acceptors (Lipinski definition) is 1. The predicted octanol–water partition coefficient (Wildman–Crippen LogP) is 7.04. The van der Waals surface area contributed by atoms with E-state index in [9.17, 15) is 0 Å². The molecule has 30 heavy (non-hydrogen) atoms. The zero-order valence-electron chi connectivity index (χ0n) is 19.3. The van der Waals surface area contributed by atoms with Crippen molar-refractivity contribution in [1.29, 1.82) is 0 Å². The topological polar surface area (TPSA) is 17.0 Å². The predicted molar refractivity (Wildman–Crippen MR) is 125 cm³/mol. The molecule has 4 aromatic rings. The molecule has 0 radical (unpaired) electrons. The maximum Gasteiger partial charge on any atom is 0.216 e. The standard InChI is InChI=1S/C28H32NO/c1-17-8-12-21(29(7)16-17)23-18(2)9-10-19-24-22(30-26(19)23)13-11-20-25(24)28(5,6)15-14-27(20,3)4/h8-13,16H,14-15H2,1-7H3/q+1. The van der Waals surface area contributed by atoms with Gasteiger partial charge in [-0.1, -0.05) is 45.9 Å². The van der Waals surface area contributed by atoms with Gasteiger partial charge in [0.05, 0.1) is 5.56 Å². The van der Waals surface area contributed by atoms with Gasteiger partial charge in [0, 0.05) is 22.4 Å². The van der Waals surface area contributed by atoms with Crippen molar-refractivity contribution in [2.75, 3.05) is 0 Å². The molecule has 0 fully saturated rings. The fraction of sp³-hybridized carbons (Fsp3) is 0.393. The van der Waals surface area contributed by atoms with Crippen molar-refractivity contribution in [3.63, 3.8) is 0 Å². The molecule has 0 aliphatic heterocycles. The second-order valence-corrected chi connectivity index (χ2v) is 10.6. The summed E-state index contributed by atoms with van der Waals surface area (Å²) in [6.07, 6.45) is 4.60. The summed E-state index contributed by atoms with van der Waals surface area (Å²) in [5, 5.41) is 2.56. The zero-order valence-corrected chi connectivity index (χ0v) is 19.3. The van der Waals surface area contributed by atoms with Gasteiger partial charge in [0.2, 0.25) is 5.69 Å². The maximum atomic E-state index is 6.62. The lowest BCUT2D eigenvalue weighted by molar-refractivity contribution is -0.660. The van der Waals surface area contributed by atoms with Gasteiger partial charge in [0.25, 0.3) is 0 Å². The lowest BCUT2D eigenvalue weighted by atomic mass is 9.62. The van der Waals surface area contributed by atoms with Crippen molar-refractivity contribution in [2.45, 2.75) is 65.2 Å². The number of benzene rings is 2. The van der Waals surface area contributed by atoms with Crippen LogP contribution in [0.15, 0.2) is 47.0 Å². The summed E-state index contributed by atoms with van der Waals surface area (Å²) in [5.41, 5.74) is 10.2. The molecule has 0 atom stereocenters. The Hall–Kier alpha value is -2.61. The molecule has 2 heterocycles. The first-order valence-electron chi connectivity index (χ1n) is 11.1. The third-order valence-electron chi connectivity index (χ3n) is 7.33. The normalized spacial score (nSPS) is 17.4. The molecular weight excluding hydrogens is 366 g/mol. The Morgan fingerprint density at radius 2 is 1.60 bits per heavy atom. The molecule has 1 aliphatic rings. The molecule has 2 aromatic heterocycles. The number of rotatable bonds is 1. The van der Waals surface area contributed by atoms with Crippen LogP contribution in [0.5, 0.6) is 0 Å². The molecule has 0 saturated heterocycles. The highest BCUT2D eigenvalue weighted by Crippen LogP contribution is 2.51. The highest BCUT2D eigenvalue weighted by atomic mass is 16.3. The minimum atomic E-state index is 0.140. The Morgan fingerprint density at radius 3 is 2.33 bits per heavy atom. The molecular formula is C28H32NO+. The van der Waals surface area contributed by atoms with Crippen molar-refractivity contribution in [1.82, 2.24) is 0 Å². The van der Waals surface area contributed by atoms with E-state index in [1.807, 2.05) is 0 Å². The van der Waals surface area contributed by atoms with Crippen molar-refractivity contribution < 1.29 is 8.98 Å². The second kappa shape index (κ2) is 6.20. The third-order valence-corrected chi connectivity index (χ3v) is 7.33. The van der Waals surface area contributed by atoms with Crippen LogP contribution in [-0.2, 0) is 17.9 Å². The van der Waals surface area contributed by atoms with E-state index in [1.54, 1.807) is 0 Å². The molecule has 1 aliphatic carbocycles. The minimum Gasteiger partial charge on any atom is -0.455 e. The zero-order chi connectivity index (χ0) is 21.4. The number of aromatic nitrogens is 1. The molecule has 5 rings (SSSR count). The fourth-order valence-corrected chi connectivity index (χ4v) is 5.51. The van der Waals surface area contributed by atoms with Gasteiger partial charge in [-0.15, -0.1) is 0 Å². The van der Waals surface area contributed by atoms with Gasteiger partial charge in [-0.25, -0.2) is 4.57 Å². The lowest BCUT2D eigenvalue weighted by Crippen LogP contribution is -2.33. The molecule has 0 amide bonds. The third kappa shape index (κ3) is 2.66. The van der Waals surface area contributed by atoms with Crippen LogP contribution in [0.2, 0.25) is 0 Å². The van der Waals surface area contributed by atoms with Crippen LogP contribution in [0.3, 0.4) is 0 Å². The summed E-state index contributed by atoms with van der Waals surface area (Å²) in [6, 6.07) is 13.4. The Morgan fingerprint density at radius 1 is 0.867 bits per heavy atom. The smallest absolute Gasteiger partial charge is 0.216 e. The Labute approximate surface area is 179 Å². The van der Waals surface area contributed by atoms with Crippen molar-refractivity contribution >= 4 is 21.9 Å². The van der Waals surface area contributed by atoms with Crippen LogP contribution in [0.25, 0.3) is 33.2 Å². The molecule has 2 heteroatoms. The minimum absolute atomic E-state index is 0.140. The highest BCUT2D eigenvalue weighted by molar-refractivity contribution is 6.12. The van der Waals surface area contributed by atoms with E-state index in [2.05, 4.69) is 95.8 Å². The maximum absolute atomic E-state index is 6.62. The van der Waals surface area contributed by atoms with Crippen molar-refractivity contribution in [3.8, 4) is 11.3 Å². The van der Waals surface area contributed by atoms with E-state index in [4.69, 9.17) is 4.42 Å². The molecule has 0 N–H and O–H groups in total. The molecule has 0 unspecified atom stereocenters. The molecule has 0 bridgehead atoms. The van der Waals surface area contributed by atoms with Crippen LogP contribution in [0, 0.1) is 13.8 Å². The van der Waals surface area contributed by atoms with Crippen LogP contribution in [0.1, 0.15) is 62.8 Å².